The number of aromatic hydroxyl groups is 1. The Morgan fingerprint density at radius 1 is 1.12 bits per heavy atom. The van der Waals surface area contributed by atoms with Crippen molar-refractivity contribution < 1.29 is 13.9 Å². The molecule has 0 amide bonds. The molecule has 7 nitrogen and oxygen atoms in total. The maximum Gasteiger partial charge on any atom is 0.195 e. The van der Waals surface area contributed by atoms with Gasteiger partial charge in [-0.15, -0.1) is 0 Å². The molecule has 1 fully saturated rings. The summed E-state index contributed by atoms with van der Waals surface area (Å²) in [5.41, 5.74) is 2.41. The molecule has 1 aliphatic rings. The number of pyridine rings is 2. The SMILES string of the molecule is CC.Cc1nc2c(F)c(O)c(-c3ccc4nc(N5CCC(NC(C)C)C5)ccc4n3)cc2o1. The number of rotatable bonds is 4. The van der Waals surface area contributed by atoms with Gasteiger partial charge in [0.2, 0.25) is 0 Å². The van der Waals surface area contributed by atoms with Crippen molar-refractivity contribution in [1.29, 1.82) is 0 Å². The predicted molar refractivity (Wildman–Crippen MR) is 129 cm³/mol. The molecule has 1 unspecified atom stereocenters. The van der Waals surface area contributed by atoms with E-state index in [9.17, 15) is 9.50 Å². The fourth-order valence-corrected chi connectivity index (χ4v) is 4.22. The number of nitrogens with zero attached hydrogens (tertiary/aromatic N) is 4. The first-order chi connectivity index (χ1) is 15.9. The van der Waals surface area contributed by atoms with E-state index in [1.165, 1.54) is 0 Å². The molecule has 3 aromatic heterocycles. The number of aromatic nitrogens is 3. The fourth-order valence-electron chi connectivity index (χ4n) is 4.22. The molecule has 4 aromatic rings. The zero-order chi connectivity index (χ0) is 23.7. The van der Waals surface area contributed by atoms with Crippen molar-refractivity contribution in [3.05, 3.63) is 42.0 Å². The Morgan fingerprint density at radius 2 is 1.85 bits per heavy atom. The zero-order valence-electron chi connectivity index (χ0n) is 19.7. The minimum Gasteiger partial charge on any atom is -0.504 e. The van der Waals surface area contributed by atoms with Crippen molar-refractivity contribution in [3.8, 4) is 17.0 Å². The highest BCUT2D eigenvalue weighted by atomic mass is 19.1. The van der Waals surface area contributed by atoms with Crippen LogP contribution < -0.4 is 10.2 Å². The van der Waals surface area contributed by atoms with Crippen LogP contribution in [0, 0.1) is 12.7 Å². The lowest BCUT2D eigenvalue weighted by Gasteiger charge is -2.19. The standard InChI is InChI=1S/C23H24FN5O2.C2H6/c1-12(2)25-14-8-9-29(11-14)20-7-6-17-18(28-20)5-4-16(27-17)15-10-19-22(21(24)23(15)30)26-13(3)31-19;1-2/h4-7,10,12,14,25,30H,8-9,11H2,1-3H3;1-2H3. The molecule has 1 saturated heterocycles. The summed E-state index contributed by atoms with van der Waals surface area (Å²) < 4.78 is 20.0. The number of hydrogen-bond donors (Lipinski definition) is 2. The van der Waals surface area contributed by atoms with E-state index in [1.54, 1.807) is 19.1 Å². The number of benzene rings is 1. The normalized spacial score (nSPS) is 16.0. The quantitative estimate of drug-likeness (QED) is 0.441. The third kappa shape index (κ3) is 4.48. The number of aryl methyl sites for hydroxylation is 1. The second-order valence-corrected chi connectivity index (χ2v) is 8.32. The molecule has 5 rings (SSSR count). The number of phenolic OH excluding ortho intramolecular Hbond substituents is 1. The molecule has 2 N–H and O–H groups in total. The summed E-state index contributed by atoms with van der Waals surface area (Å²) in [7, 11) is 0. The van der Waals surface area contributed by atoms with Gasteiger partial charge < -0.3 is 19.7 Å². The number of anilines is 1. The second-order valence-electron chi connectivity index (χ2n) is 8.32. The van der Waals surface area contributed by atoms with E-state index in [0.717, 1.165) is 30.8 Å². The van der Waals surface area contributed by atoms with Gasteiger partial charge in [0, 0.05) is 37.7 Å². The van der Waals surface area contributed by atoms with Crippen molar-refractivity contribution in [2.75, 3.05) is 18.0 Å². The first kappa shape index (κ1) is 22.9. The van der Waals surface area contributed by atoms with Crippen LogP contribution in [0.25, 0.3) is 33.4 Å². The number of nitrogens with one attached hydrogen (secondary N) is 1. The molecule has 0 aliphatic carbocycles. The van der Waals surface area contributed by atoms with Crippen LogP contribution in [0.5, 0.6) is 5.75 Å². The smallest absolute Gasteiger partial charge is 0.195 e. The first-order valence-electron chi connectivity index (χ1n) is 11.5. The third-order valence-electron chi connectivity index (χ3n) is 5.59. The van der Waals surface area contributed by atoms with Gasteiger partial charge in [-0.05, 0) is 36.8 Å². The Morgan fingerprint density at radius 3 is 2.61 bits per heavy atom. The van der Waals surface area contributed by atoms with Gasteiger partial charge >= 0.3 is 0 Å². The first-order valence-corrected chi connectivity index (χ1v) is 11.5. The Hall–Kier alpha value is -3.26. The number of fused-ring (bicyclic) bond motifs is 2. The Bertz CT molecular complexity index is 1290. The summed E-state index contributed by atoms with van der Waals surface area (Å²) in [5.74, 6) is -0.0414. The van der Waals surface area contributed by atoms with Crippen LogP contribution in [-0.4, -0.2) is 45.2 Å². The minimum atomic E-state index is -0.807. The number of phenols is 1. The van der Waals surface area contributed by atoms with Crippen molar-refractivity contribution in [1.82, 2.24) is 20.3 Å². The molecule has 174 valence electrons. The lowest BCUT2D eigenvalue weighted by atomic mass is 10.1. The Kier molecular flexibility index (Phi) is 6.47. The molecule has 8 heteroatoms. The summed E-state index contributed by atoms with van der Waals surface area (Å²) in [6.45, 7) is 11.8. The number of hydrogen-bond acceptors (Lipinski definition) is 7. The van der Waals surface area contributed by atoms with Gasteiger partial charge in [-0.1, -0.05) is 27.7 Å². The highest BCUT2D eigenvalue weighted by Gasteiger charge is 2.24. The highest BCUT2D eigenvalue weighted by molar-refractivity contribution is 5.87. The van der Waals surface area contributed by atoms with E-state index in [0.29, 0.717) is 29.2 Å². The van der Waals surface area contributed by atoms with Crippen LogP contribution in [0.3, 0.4) is 0 Å². The average molecular weight is 452 g/mol. The zero-order valence-corrected chi connectivity index (χ0v) is 19.7. The summed E-state index contributed by atoms with van der Waals surface area (Å²) in [6, 6.07) is 9.93. The van der Waals surface area contributed by atoms with Crippen molar-refractivity contribution >= 4 is 28.0 Å². The lowest BCUT2D eigenvalue weighted by Crippen LogP contribution is -2.37. The van der Waals surface area contributed by atoms with Gasteiger partial charge in [0.15, 0.2) is 23.0 Å². The molecule has 0 saturated carbocycles. The maximum absolute atomic E-state index is 14.6. The predicted octanol–water partition coefficient (Wildman–Crippen LogP) is 5.19. The summed E-state index contributed by atoms with van der Waals surface area (Å²) in [5, 5.41) is 14.0. The average Bonchev–Trinajstić information content (AvgIpc) is 3.42. The summed E-state index contributed by atoms with van der Waals surface area (Å²) in [6.07, 6.45) is 1.09. The molecule has 0 bridgehead atoms. The van der Waals surface area contributed by atoms with Crippen molar-refractivity contribution in [3.63, 3.8) is 0 Å². The molecular weight excluding hydrogens is 421 g/mol. The van der Waals surface area contributed by atoms with E-state index in [1.807, 2.05) is 32.0 Å². The van der Waals surface area contributed by atoms with E-state index in [4.69, 9.17) is 9.40 Å². The molecule has 1 aromatic carbocycles. The van der Waals surface area contributed by atoms with Crippen LogP contribution >= 0.6 is 0 Å². The summed E-state index contributed by atoms with van der Waals surface area (Å²) in [4.78, 5) is 15.6. The number of oxazole rings is 1. The third-order valence-corrected chi connectivity index (χ3v) is 5.59. The highest BCUT2D eigenvalue weighted by Crippen LogP contribution is 2.36. The monoisotopic (exact) mass is 451 g/mol. The van der Waals surface area contributed by atoms with Crippen LogP contribution in [0.15, 0.2) is 34.7 Å². The van der Waals surface area contributed by atoms with Crippen LogP contribution in [0.4, 0.5) is 10.2 Å². The van der Waals surface area contributed by atoms with Gasteiger partial charge in [-0.2, -0.15) is 0 Å². The molecule has 0 radical (unpaired) electrons. The van der Waals surface area contributed by atoms with Gasteiger partial charge in [0.25, 0.3) is 0 Å². The van der Waals surface area contributed by atoms with E-state index in [-0.39, 0.29) is 16.7 Å². The molecule has 33 heavy (non-hydrogen) atoms. The molecule has 0 spiro atoms. The van der Waals surface area contributed by atoms with Crippen LogP contribution in [0.1, 0.15) is 40.0 Å². The Labute approximate surface area is 192 Å². The minimum absolute atomic E-state index is 0.0155. The molecule has 4 heterocycles. The molecular formula is C25H30FN5O2. The Balaban J connectivity index is 0.00000126. The topological polar surface area (TPSA) is 87.3 Å². The van der Waals surface area contributed by atoms with Gasteiger partial charge in [0.1, 0.15) is 11.3 Å². The van der Waals surface area contributed by atoms with E-state index < -0.39 is 11.6 Å². The lowest BCUT2D eigenvalue weighted by molar-refractivity contribution is 0.437. The molecule has 1 aliphatic heterocycles. The van der Waals surface area contributed by atoms with Crippen molar-refractivity contribution in [2.24, 2.45) is 0 Å². The van der Waals surface area contributed by atoms with Gasteiger partial charge in [-0.25, -0.2) is 19.3 Å². The maximum atomic E-state index is 14.6. The second kappa shape index (κ2) is 9.31. The molecule has 1 atom stereocenters. The largest absolute Gasteiger partial charge is 0.504 e. The number of halogens is 1. The fraction of sp³-hybridized carbons (Fsp3) is 0.400. The van der Waals surface area contributed by atoms with E-state index >= 15 is 0 Å². The van der Waals surface area contributed by atoms with Gasteiger partial charge in [-0.3, -0.25) is 0 Å². The van der Waals surface area contributed by atoms with Crippen molar-refractivity contribution in [2.45, 2.75) is 53.1 Å². The summed E-state index contributed by atoms with van der Waals surface area (Å²) >= 11 is 0. The van der Waals surface area contributed by atoms with Crippen LogP contribution in [0.2, 0.25) is 0 Å². The van der Waals surface area contributed by atoms with Crippen LogP contribution in [-0.2, 0) is 0 Å². The van der Waals surface area contributed by atoms with Gasteiger partial charge in [0.05, 0.1) is 16.7 Å². The van der Waals surface area contributed by atoms with E-state index in [2.05, 4.69) is 34.0 Å².